The maximum atomic E-state index is 5.77. The second-order valence-electron chi connectivity index (χ2n) is 3.85. The molecule has 0 bridgehead atoms. The minimum atomic E-state index is 0.431. The van der Waals surface area contributed by atoms with Gasteiger partial charge in [0.15, 0.2) is 10.8 Å². The van der Waals surface area contributed by atoms with Crippen molar-refractivity contribution < 1.29 is 4.74 Å². The van der Waals surface area contributed by atoms with E-state index >= 15 is 0 Å². The number of nitrogens with zero attached hydrogens (tertiary/aromatic N) is 3. The Morgan fingerprint density at radius 3 is 2.88 bits per heavy atom. The number of alkyl halides is 1. The van der Waals surface area contributed by atoms with E-state index in [0.29, 0.717) is 5.88 Å². The van der Waals surface area contributed by atoms with Crippen LogP contribution >= 0.6 is 22.9 Å². The zero-order valence-electron chi connectivity index (χ0n) is 9.23. The van der Waals surface area contributed by atoms with Crippen LogP contribution < -0.4 is 4.90 Å². The molecule has 0 atom stereocenters. The Kier molecular flexibility index (Phi) is 3.13. The highest BCUT2D eigenvalue weighted by Crippen LogP contribution is 2.28. The molecule has 3 heterocycles. The number of aromatic nitrogens is 2. The van der Waals surface area contributed by atoms with Crippen molar-refractivity contribution in [1.82, 2.24) is 9.97 Å². The summed E-state index contributed by atoms with van der Waals surface area (Å²) in [7, 11) is 0. The topological polar surface area (TPSA) is 38.2 Å². The van der Waals surface area contributed by atoms with Crippen LogP contribution in [0.25, 0.3) is 10.3 Å². The molecule has 1 fully saturated rings. The van der Waals surface area contributed by atoms with Crippen LogP contribution in [-0.2, 0) is 10.6 Å². The van der Waals surface area contributed by atoms with E-state index in [1.165, 1.54) is 0 Å². The van der Waals surface area contributed by atoms with Crippen LogP contribution in [0.15, 0.2) is 12.1 Å². The van der Waals surface area contributed by atoms with E-state index in [2.05, 4.69) is 14.9 Å². The van der Waals surface area contributed by atoms with Crippen LogP contribution in [0.3, 0.4) is 0 Å². The molecular weight excluding hydrogens is 258 g/mol. The number of thiazole rings is 1. The maximum Gasteiger partial charge on any atom is 0.188 e. The quantitative estimate of drug-likeness (QED) is 0.784. The van der Waals surface area contributed by atoms with Crippen LogP contribution in [0.5, 0.6) is 0 Å². The fraction of sp³-hybridized carbons (Fsp3) is 0.455. The molecule has 6 heteroatoms. The fourth-order valence-electron chi connectivity index (χ4n) is 1.81. The lowest BCUT2D eigenvalue weighted by Gasteiger charge is -2.25. The SMILES string of the molecule is ClCc1ccc2sc(N3CCOCC3)nc2n1. The minimum absolute atomic E-state index is 0.431. The predicted octanol–water partition coefficient (Wildman–Crippen LogP) is 2.27. The molecule has 90 valence electrons. The average molecular weight is 270 g/mol. The van der Waals surface area contributed by atoms with Crippen molar-refractivity contribution in [1.29, 1.82) is 0 Å². The molecule has 1 aliphatic heterocycles. The van der Waals surface area contributed by atoms with Gasteiger partial charge in [0.25, 0.3) is 0 Å². The molecule has 0 aliphatic carbocycles. The number of anilines is 1. The van der Waals surface area contributed by atoms with Crippen molar-refractivity contribution in [2.75, 3.05) is 31.2 Å². The second-order valence-corrected chi connectivity index (χ2v) is 5.13. The second kappa shape index (κ2) is 4.76. The summed E-state index contributed by atoms with van der Waals surface area (Å²) in [6.07, 6.45) is 0. The van der Waals surface area contributed by atoms with E-state index in [9.17, 15) is 0 Å². The number of morpholine rings is 1. The molecule has 0 radical (unpaired) electrons. The predicted molar refractivity (Wildman–Crippen MR) is 70.0 cm³/mol. The maximum absolute atomic E-state index is 5.77. The van der Waals surface area contributed by atoms with Gasteiger partial charge in [-0.1, -0.05) is 11.3 Å². The Hall–Kier alpha value is -0.910. The van der Waals surface area contributed by atoms with Crippen molar-refractivity contribution in [3.8, 4) is 0 Å². The summed E-state index contributed by atoms with van der Waals surface area (Å²) in [5.41, 5.74) is 1.67. The number of hydrogen-bond donors (Lipinski definition) is 0. The molecule has 1 saturated heterocycles. The molecule has 0 saturated carbocycles. The summed E-state index contributed by atoms with van der Waals surface area (Å²) < 4.78 is 6.45. The summed E-state index contributed by atoms with van der Waals surface area (Å²) in [6, 6.07) is 4.00. The summed E-state index contributed by atoms with van der Waals surface area (Å²) in [5, 5.41) is 1.03. The standard InChI is InChI=1S/C11H12ClN3OS/c12-7-8-1-2-9-10(13-8)14-11(17-9)15-3-5-16-6-4-15/h1-2H,3-7H2. The lowest BCUT2D eigenvalue weighted by Crippen LogP contribution is -2.36. The summed E-state index contributed by atoms with van der Waals surface area (Å²) in [6.45, 7) is 3.36. The molecule has 3 rings (SSSR count). The van der Waals surface area contributed by atoms with Gasteiger partial charge < -0.3 is 9.64 Å². The number of halogens is 1. The molecule has 0 N–H and O–H groups in total. The van der Waals surface area contributed by atoms with Crippen LogP contribution in [0.2, 0.25) is 0 Å². The molecule has 17 heavy (non-hydrogen) atoms. The zero-order valence-corrected chi connectivity index (χ0v) is 10.8. The van der Waals surface area contributed by atoms with Gasteiger partial charge >= 0.3 is 0 Å². The smallest absolute Gasteiger partial charge is 0.188 e. The van der Waals surface area contributed by atoms with Crippen molar-refractivity contribution >= 4 is 38.4 Å². The lowest BCUT2D eigenvalue weighted by atomic mass is 10.4. The Morgan fingerprint density at radius 2 is 2.12 bits per heavy atom. The van der Waals surface area contributed by atoms with Gasteiger partial charge in [0.1, 0.15) is 0 Å². The molecule has 4 nitrogen and oxygen atoms in total. The van der Waals surface area contributed by atoms with Gasteiger partial charge in [-0.25, -0.2) is 4.98 Å². The number of pyridine rings is 1. The third-order valence-electron chi connectivity index (χ3n) is 2.72. The molecule has 0 spiro atoms. The van der Waals surface area contributed by atoms with Crippen LogP contribution in [0.4, 0.5) is 5.13 Å². The zero-order chi connectivity index (χ0) is 11.7. The average Bonchev–Trinajstić information content (AvgIpc) is 2.82. The normalized spacial score (nSPS) is 16.6. The van der Waals surface area contributed by atoms with E-state index in [1.807, 2.05) is 12.1 Å². The van der Waals surface area contributed by atoms with Gasteiger partial charge in [-0.05, 0) is 12.1 Å². The van der Waals surface area contributed by atoms with E-state index in [-0.39, 0.29) is 0 Å². The number of ether oxygens (including phenoxy) is 1. The van der Waals surface area contributed by atoms with Crippen LogP contribution in [0, 0.1) is 0 Å². The first kappa shape index (κ1) is 11.2. The molecule has 0 unspecified atom stereocenters. The van der Waals surface area contributed by atoms with Gasteiger partial charge in [-0.3, -0.25) is 0 Å². The Bertz CT molecular complexity index is 524. The molecule has 2 aromatic heterocycles. The number of fused-ring (bicyclic) bond motifs is 1. The highest BCUT2D eigenvalue weighted by atomic mass is 35.5. The third kappa shape index (κ3) is 2.22. The van der Waals surface area contributed by atoms with Crippen molar-refractivity contribution in [3.63, 3.8) is 0 Å². The summed E-state index contributed by atoms with van der Waals surface area (Å²) >= 11 is 7.45. The van der Waals surface area contributed by atoms with Crippen LogP contribution in [-0.4, -0.2) is 36.3 Å². The van der Waals surface area contributed by atoms with Gasteiger partial charge in [0.2, 0.25) is 0 Å². The van der Waals surface area contributed by atoms with Crippen molar-refractivity contribution in [3.05, 3.63) is 17.8 Å². The van der Waals surface area contributed by atoms with Crippen molar-refractivity contribution in [2.45, 2.75) is 5.88 Å². The Balaban J connectivity index is 1.95. The van der Waals surface area contributed by atoms with E-state index < -0.39 is 0 Å². The first-order valence-electron chi connectivity index (χ1n) is 5.52. The van der Waals surface area contributed by atoms with E-state index in [4.69, 9.17) is 16.3 Å². The van der Waals surface area contributed by atoms with Crippen molar-refractivity contribution in [2.24, 2.45) is 0 Å². The molecule has 0 amide bonds. The molecular formula is C11H12ClN3OS. The molecule has 0 aromatic carbocycles. The van der Waals surface area contributed by atoms with Crippen LogP contribution in [0.1, 0.15) is 5.69 Å². The third-order valence-corrected chi connectivity index (χ3v) is 4.06. The largest absolute Gasteiger partial charge is 0.378 e. The van der Waals surface area contributed by atoms with Gasteiger partial charge in [-0.15, -0.1) is 11.6 Å². The number of hydrogen-bond acceptors (Lipinski definition) is 5. The lowest BCUT2D eigenvalue weighted by molar-refractivity contribution is 0.122. The Morgan fingerprint density at radius 1 is 1.29 bits per heavy atom. The minimum Gasteiger partial charge on any atom is -0.378 e. The first-order chi connectivity index (χ1) is 8.36. The van der Waals surface area contributed by atoms with Gasteiger partial charge in [0, 0.05) is 13.1 Å². The Labute approximate surface area is 108 Å². The molecule has 1 aliphatic rings. The number of rotatable bonds is 2. The van der Waals surface area contributed by atoms with Gasteiger partial charge in [-0.2, -0.15) is 4.98 Å². The highest BCUT2D eigenvalue weighted by molar-refractivity contribution is 7.22. The van der Waals surface area contributed by atoms with Gasteiger partial charge in [0.05, 0.1) is 29.5 Å². The highest BCUT2D eigenvalue weighted by Gasteiger charge is 2.15. The summed E-state index contributed by atoms with van der Waals surface area (Å²) in [5.74, 6) is 0.431. The first-order valence-corrected chi connectivity index (χ1v) is 6.87. The molecule has 2 aromatic rings. The summed E-state index contributed by atoms with van der Waals surface area (Å²) in [4.78, 5) is 11.2. The fourth-order valence-corrected chi connectivity index (χ4v) is 2.92. The monoisotopic (exact) mass is 269 g/mol. The van der Waals surface area contributed by atoms with E-state index in [1.54, 1.807) is 11.3 Å². The van der Waals surface area contributed by atoms with E-state index in [0.717, 1.165) is 47.5 Å².